The second-order valence-electron chi connectivity index (χ2n) is 11.6. The number of ether oxygens (including phenoxy) is 3. The number of halogens is 1. The number of hydrogen-bond acceptors (Lipinski definition) is 6. The Morgan fingerprint density at radius 3 is 2.50 bits per heavy atom. The van der Waals surface area contributed by atoms with E-state index in [2.05, 4.69) is 58.2 Å². The van der Waals surface area contributed by atoms with Gasteiger partial charge in [-0.3, -0.25) is 5.10 Å². The van der Waals surface area contributed by atoms with E-state index in [0.717, 1.165) is 52.0 Å². The van der Waals surface area contributed by atoms with E-state index in [9.17, 15) is 0 Å². The molecule has 7 nitrogen and oxygen atoms in total. The Hall–Kier alpha value is -2.23. The molecule has 5 heterocycles. The van der Waals surface area contributed by atoms with Crippen molar-refractivity contribution in [2.24, 2.45) is 23.7 Å². The third-order valence-electron chi connectivity index (χ3n) is 9.23. The molecule has 2 aromatic carbocycles. The van der Waals surface area contributed by atoms with E-state index in [-0.39, 0.29) is 11.8 Å². The van der Waals surface area contributed by atoms with Crippen molar-refractivity contribution in [1.82, 2.24) is 10.2 Å². The van der Waals surface area contributed by atoms with Crippen LogP contribution in [0.25, 0.3) is 22.5 Å². The molecule has 4 saturated heterocycles. The van der Waals surface area contributed by atoms with Crippen LogP contribution >= 0.6 is 15.9 Å². The Kier molecular flexibility index (Phi) is 5.98. The lowest BCUT2D eigenvalue weighted by Crippen LogP contribution is -2.70. The maximum atomic E-state index is 6.57. The summed E-state index contributed by atoms with van der Waals surface area (Å²) < 4.78 is 20.5. The molecule has 200 valence electrons. The van der Waals surface area contributed by atoms with Crippen LogP contribution in [0.2, 0.25) is 0 Å². The molecular weight excluding hydrogens is 548 g/mol. The average molecular weight is 582 g/mol. The smallest absolute Gasteiger partial charge is 0.205 e. The molecule has 0 radical (unpaired) electrons. The van der Waals surface area contributed by atoms with Crippen molar-refractivity contribution in [3.05, 3.63) is 59.1 Å². The largest absolute Gasteiger partial charge is 0.465 e. The second kappa shape index (κ2) is 9.17. The predicted octanol–water partition coefficient (Wildman–Crippen LogP) is 7.09. The average Bonchev–Trinajstić information content (AvgIpc) is 3.30. The number of aromatic amines is 1. The van der Waals surface area contributed by atoms with Crippen LogP contribution in [0.1, 0.15) is 46.5 Å². The Balaban J connectivity index is 1.10. The first-order chi connectivity index (χ1) is 18.3. The molecule has 1 saturated carbocycles. The molecule has 1 aliphatic carbocycles. The van der Waals surface area contributed by atoms with Gasteiger partial charge in [0.25, 0.3) is 0 Å². The van der Waals surface area contributed by atoms with Gasteiger partial charge in [-0.15, -0.1) is 0 Å². The van der Waals surface area contributed by atoms with Crippen molar-refractivity contribution in [3.8, 4) is 28.3 Å². The maximum Gasteiger partial charge on any atom is 0.205 e. The van der Waals surface area contributed by atoms with E-state index in [1.807, 2.05) is 43.3 Å². The molecule has 1 spiro atoms. The van der Waals surface area contributed by atoms with E-state index in [1.54, 1.807) is 0 Å². The van der Waals surface area contributed by atoms with Gasteiger partial charge in [0.2, 0.25) is 12.1 Å². The molecule has 5 aliphatic rings. The quantitative estimate of drug-likeness (QED) is 0.332. The standard InChI is InChI=1S/C30H33BrN2O5/c1-17-4-13-24-18(2)27(35-28-30(24)23(17)14-15-29(3,36-28)37-38-30)34-22-11-7-20(8-12-22)26-16-25(32-33-26)19-5-9-21(31)10-6-19/h5-12,16-18,23-24,27-28H,4,13-15H2,1-3H3,(H,32,33)/t17-,18-,23+,24+,27-,28-,29-,30-/m1/s1. The molecule has 5 fully saturated rings. The van der Waals surface area contributed by atoms with Gasteiger partial charge in [-0.2, -0.15) is 5.10 Å². The van der Waals surface area contributed by atoms with E-state index in [1.165, 1.54) is 6.42 Å². The van der Waals surface area contributed by atoms with Crippen molar-refractivity contribution in [3.63, 3.8) is 0 Å². The topological polar surface area (TPSA) is 74.8 Å². The fourth-order valence-corrected chi connectivity index (χ4v) is 7.36. The molecule has 8 rings (SSSR count). The number of nitrogens with one attached hydrogen (secondary N) is 1. The van der Waals surface area contributed by atoms with Crippen LogP contribution in [-0.2, 0) is 19.2 Å². The zero-order chi connectivity index (χ0) is 26.1. The summed E-state index contributed by atoms with van der Waals surface area (Å²) in [5.74, 6) is 1.20. The van der Waals surface area contributed by atoms with Gasteiger partial charge in [0.15, 0.2) is 11.9 Å². The van der Waals surface area contributed by atoms with Crippen molar-refractivity contribution < 1.29 is 24.0 Å². The first-order valence-electron chi connectivity index (χ1n) is 13.6. The molecule has 0 amide bonds. The summed E-state index contributed by atoms with van der Waals surface area (Å²) in [7, 11) is 0. The zero-order valence-corrected chi connectivity index (χ0v) is 23.4. The molecule has 8 atom stereocenters. The highest BCUT2D eigenvalue weighted by atomic mass is 79.9. The van der Waals surface area contributed by atoms with Gasteiger partial charge in [-0.05, 0) is 86.1 Å². The van der Waals surface area contributed by atoms with Crippen molar-refractivity contribution in [1.29, 1.82) is 0 Å². The minimum absolute atomic E-state index is 0.121. The summed E-state index contributed by atoms with van der Waals surface area (Å²) in [5, 5.41) is 7.66. The molecule has 1 N–H and O–H groups in total. The minimum Gasteiger partial charge on any atom is -0.465 e. The minimum atomic E-state index is -0.789. The van der Waals surface area contributed by atoms with E-state index < -0.39 is 24.0 Å². The highest BCUT2D eigenvalue weighted by Gasteiger charge is 2.69. The normalized spacial score (nSPS) is 37.9. The Labute approximate surface area is 231 Å². The maximum absolute atomic E-state index is 6.57. The Morgan fingerprint density at radius 2 is 1.71 bits per heavy atom. The second-order valence-corrected chi connectivity index (χ2v) is 12.5. The number of benzene rings is 2. The van der Waals surface area contributed by atoms with Crippen LogP contribution in [0.5, 0.6) is 5.75 Å². The molecular formula is C30H33BrN2O5. The first-order valence-corrected chi connectivity index (χ1v) is 14.4. The van der Waals surface area contributed by atoms with Crippen LogP contribution in [0.3, 0.4) is 0 Å². The van der Waals surface area contributed by atoms with Gasteiger partial charge < -0.3 is 14.2 Å². The van der Waals surface area contributed by atoms with Crippen molar-refractivity contribution >= 4 is 15.9 Å². The van der Waals surface area contributed by atoms with Crippen molar-refractivity contribution in [2.75, 3.05) is 0 Å². The van der Waals surface area contributed by atoms with Crippen LogP contribution < -0.4 is 4.74 Å². The van der Waals surface area contributed by atoms with E-state index in [0.29, 0.717) is 11.8 Å². The Morgan fingerprint density at radius 1 is 0.947 bits per heavy atom. The van der Waals surface area contributed by atoms with Crippen LogP contribution in [-0.4, -0.2) is 34.2 Å². The SMILES string of the molecule is C[C@H]1[C@H](Oc2ccc(-c3cc(-c4ccc(Br)cc4)[nH]n3)cc2)O[C@@H]2O[C@@]3(C)CC[C@H]4[C@H](C)CC[C@@H]1[C@@]24OO3. The van der Waals surface area contributed by atoms with Gasteiger partial charge in [-0.25, -0.2) is 9.78 Å². The fourth-order valence-electron chi connectivity index (χ4n) is 7.09. The highest BCUT2D eigenvalue weighted by molar-refractivity contribution is 9.10. The molecule has 1 aromatic heterocycles. The fraction of sp³-hybridized carbons (Fsp3) is 0.500. The third kappa shape index (κ3) is 3.95. The van der Waals surface area contributed by atoms with E-state index in [4.69, 9.17) is 24.0 Å². The number of H-pyrrole nitrogens is 1. The summed E-state index contributed by atoms with van der Waals surface area (Å²) in [5.41, 5.74) is 3.38. The van der Waals surface area contributed by atoms with Gasteiger partial charge in [0.1, 0.15) is 5.75 Å². The van der Waals surface area contributed by atoms with Gasteiger partial charge in [-0.1, -0.05) is 41.9 Å². The Bertz CT molecular complexity index is 1310. The number of hydrogen-bond donors (Lipinski definition) is 1. The van der Waals surface area contributed by atoms with Gasteiger partial charge in [0.05, 0.1) is 11.4 Å². The van der Waals surface area contributed by atoms with Crippen LogP contribution in [0.15, 0.2) is 59.1 Å². The van der Waals surface area contributed by atoms with Gasteiger partial charge >= 0.3 is 0 Å². The van der Waals surface area contributed by atoms with E-state index >= 15 is 0 Å². The molecule has 2 bridgehead atoms. The zero-order valence-electron chi connectivity index (χ0n) is 21.9. The number of aromatic nitrogens is 2. The summed E-state index contributed by atoms with van der Waals surface area (Å²) in [6.45, 7) is 6.48. The lowest BCUT2D eigenvalue weighted by molar-refractivity contribution is -0.575. The molecule has 8 heteroatoms. The molecule has 38 heavy (non-hydrogen) atoms. The monoisotopic (exact) mass is 580 g/mol. The lowest BCUT2D eigenvalue weighted by Gasteiger charge is -2.60. The first kappa shape index (κ1) is 24.8. The van der Waals surface area contributed by atoms with Crippen LogP contribution in [0, 0.1) is 23.7 Å². The molecule has 4 aliphatic heterocycles. The summed E-state index contributed by atoms with van der Waals surface area (Å²) in [6.07, 6.45) is 3.08. The highest BCUT2D eigenvalue weighted by Crippen LogP contribution is 2.60. The number of nitrogens with zero attached hydrogens (tertiary/aromatic N) is 1. The lowest BCUT2D eigenvalue weighted by atomic mass is 9.58. The number of fused-ring (bicyclic) bond motifs is 2. The van der Waals surface area contributed by atoms with Crippen LogP contribution in [0.4, 0.5) is 0 Å². The van der Waals surface area contributed by atoms with Gasteiger partial charge in [0, 0.05) is 28.3 Å². The third-order valence-corrected chi connectivity index (χ3v) is 9.76. The summed E-state index contributed by atoms with van der Waals surface area (Å²) in [6, 6.07) is 18.3. The summed E-state index contributed by atoms with van der Waals surface area (Å²) in [4.78, 5) is 12.2. The number of rotatable bonds is 4. The molecule has 3 aromatic rings. The van der Waals surface area contributed by atoms with Crippen molar-refractivity contribution in [2.45, 2.75) is 70.4 Å². The molecule has 0 unspecified atom stereocenters. The summed E-state index contributed by atoms with van der Waals surface area (Å²) >= 11 is 3.49. The predicted molar refractivity (Wildman–Crippen MR) is 145 cm³/mol.